The van der Waals surface area contributed by atoms with Gasteiger partial charge in [0.15, 0.2) is 5.13 Å². The van der Waals surface area contributed by atoms with Crippen molar-refractivity contribution in [2.45, 2.75) is 13.8 Å². The lowest BCUT2D eigenvalue weighted by molar-refractivity contribution is -0.384. The maximum Gasteiger partial charge on any atom is 0.270 e. The number of amides is 1. The van der Waals surface area contributed by atoms with Crippen LogP contribution >= 0.6 is 11.3 Å². The topological polar surface area (TPSA) is 79.6 Å². The van der Waals surface area contributed by atoms with E-state index in [1.54, 1.807) is 11.0 Å². The normalized spacial score (nSPS) is 11.2. The lowest BCUT2D eigenvalue weighted by Gasteiger charge is -2.22. The van der Waals surface area contributed by atoms with Gasteiger partial charge in [0.2, 0.25) is 0 Å². The van der Waals surface area contributed by atoms with E-state index in [1.807, 2.05) is 38.9 Å². The van der Waals surface area contributed by atoms with Crippen LogP contribution in [-0.4, -0.2) is 47.9 Å². The fraction of sp³-hybridized carbons (Fsp3) is 0.300. The predicted molar refractivity (Wildman–Crippen MR) is 112 cm³/mol. The summed E-state index contributed by atoms with van der Waals surface area (Å²) in [5.74, 6) is -0.293. The van der Waals surface area contributed by atoms with Gasteiger partial charge < -0.3 is 4.90 Å². The average molecular weight is 398 g/mol. The number of thiazole rings is 1. The number of aryl methyl sites for hydroxylation is 2. The van der Waals surface area contributed by atoms with E-state index >= 15 is 0 Å². The van der Waals surface area contributed by atoms with Gasteiger partial charge in [0.25, 0.3) is 11.6 Å². The van der Waals surface area contributed by atoms with Crippen molar-refractivity contribution in [3.8, 4) is 0 Å². The van der Waals surface area contributed by atoms with E-state index in [2.05, 4.69) is 11.1 Å². The second kappa shape index (κ2) is 8.04. The van der Waals surface area contributed by atoms with Gasteiger partial charge in [-0.1, -0.05) is 17.4 Å². The van der Waals surface area contributed by atoms with E-state index in [1.165, 1.54) is 35.1 Å². The fourth-order valence-corrected chi connectivity index (χ4v) is 3.85. The number of fused-ring (bicyclic) bond motifs is 1. The van der Waals surface area contributed by atoms with Crippen molar-refractivity contribution >= 4 is 38.3 Å². The van der Waals surface area contributed by atoms with Crippen molar-refractivity contribution in [3.63, 3.8) is 0 Å². The number of hydrogen-bond acceptors (Lipinski definition) is 6. The molecule has 0 atom stereocenters. The van der Waals surface area contributed by atoms with Gasteiger partial charge in [-0.2, -0.15) is 0 Å². The summed E-state index contributed by atoms with van der Waals surface area (Å²) in [4.78, 5) is 32.0. The molecule has 0 saturated carbocycles. The third-order valence-electron chi connectivity index (χ3n) is 4.54. The monoisotopic (exact) mass is 398 g/mol. The Labute approximate surface area is 167 Å². The van der Waals surface area contributed by atoms with Gasteiger partial charge in [0.1, 0.15) is 0 Å². The highest BCUT2D eigenvalue weighted by Gasteiger charge is 2.23. The van der Waals surface area contributed by atoms with Crippen LogP contribution in [-0.2, 0) is 0 Å². The van der Waals surface area contributed by atoms with Crippen molar-refractivity contribution in [2.24, 2.45) is 0 Å². The Bertz CT molecular complexity index is 1010. The van der Waals surface area contributed by atoms with Gasteiger partial charge in [0.05, 0.1) is 15.1 Å². The molecule has 0 aliphatic heterocycles. The molecule has 0 radical (unpaired) electrons. The number of anilines is 1. The van der Waals surface area contributed by atoms with Crippen LogP contribution in [0.15, 0.2) is 36.4 Å². The lowest BCUT2D eigenvalue weighted by atomic mass is 10.1. The molecular weight excluding hydrogens is 376 g/mol. The van der Waals surface area contributed by atoms with Gasteiger partial charge >= 0.3 is 0 Å². The Morgan fingerprint density at radius 1 is 1.14 bits per heavy atom. The zero-order valence-corrected chi connectivity index (χ0v) is 17.1. The Kier molecular flexibility index (Phi) is 5.71. The van der Waals surface area contributed by atoms with E-state index < -0.39 is 4.92 Å². The fourth-order valence-electron chi connectivity index (χ4n) is 2.78. The first-order valence-electron chi connectivity index (χ1n) is 8.85. The minimum absolute atomic E-state index is 0.103. The van der Waals surface area contributed by atoms with E-state index in [0.717, 1.165) is 15.8 Å². The van der Waals surface area contributed by atoms with Crippen LogP contribution < -0.4 is 4.90 Å². The first kappa shape index (κ1) is 19.9. The minimum Gasteiger partial charge on any atom is -0.308 e. The lowest BCUT2D eigenvalue weighted by Crippen LogP contribution is -2.36. The molecule has 0 fully saturated rings. The number of benzene rings is 2. The Morgan fingerprint density at radius 3 is 2.54 bits per heavy atom. The maximum atomic E-state index is 13.2. The molecule has 0 unspecified atom stereocenters. The second-order valence-electron chi connectivity index (χ2n) is 6.97. The largest absolute Gasteiger partial charge is 0.308 e. The maximum absolute atomic E-state index is 13.2. The van der Waals surface area contributed by atoms with Gasteiger partial charge in [0, 0.05) is 30.8 Å². The number of nitro benzene ring substituents is 1. The summed E-state index contributed by atoms with van der Waals surface area (Å²) < 4.78 is 1.01. The van der Waals surface area contributed by atoms with Crippen molar-refractivity contribution in [3.05, 3.63) is 63.2 Å². The smallest absolute Gasteiger partial charge is 0.270 e. The quantitative estimate of drug-likeness (QED) is 0.463. The van der Waals surface area contributed by atoms with E-state index in [9.17, 15) is 14.9 Å². The van der Waals surface area contributed by atoms with E-state index in [0.29, 0.717) is 18.2 Å². The number of rotatable bonds is 6. The van der Waals surface area contributed by atoms with Crippen molar-refractivity contribution in [1.82, 2.24) is 9.88 Å². The van der Waals surface area contributed by atoms with Gasteiger partial charge in [-0.05, 0) is 57.3 Å². The molecule has 3 rings (SSSR count). The molecule has 0 N–H and O–H groups in total. The molecule has 0 saturated heterocycles. The zero-order valence-electron chi connectivity index (χ0n) is 16.3. The van der Waals surface area contributed by atoms with Gasteiger partial charge in [-0.25, -0.2) is 4.98 Å². The molecule has 3 aromatic rings. The third kappa shape index (κ3) is 4.18. The Balaban J connectivity index is 2.02. The number of aromatic nitrogens is 1. The molecule has 1 aromatic heterocycles. The van der Waals surface area contributed by atoms with Crippen LogP contribution in [0.5, 0.6) is 0 Å². The van der Waals surface area contributed by atoms with Crippen LogP contribution in [0, 0.1) is 24.0 Å². The summed E-state index contributed by atoms with van der Waals surface area (Å²) in [6.45, 7) is 5.17. The van der Waals surface area contributed by atoms with Crippen LogP contribution in [0.25, 0.3) is 10.2 Å². The molecule has 0 bridgehead atoms. The molecule has 1 heterocycles. The molecular formula is C20H22N4O3S. The van der Waals surface area contributed by atoms with Crippen LogP contribution in [0.4, 0.5) is 10.8 Å². The van der Waals surface area contributed by atoms with Crippen molar-refractivity contribution in [2.75, 3.05) is 32.1 Å². The van der Waals surface area contributed by atoms with Crippen molar-refractivity contribution in [1.29, 1.82) is 0 Å². The number of nitrogens with zero attached hydrogens (tertiary/aromatic N) is 4. The molecule has 146 valence electrons. The molecule has 7 nitrogen and oxygen atoms in total. The SMILES string of the molecule is Cc1cc2nc(N(CCN(C)C)C(=O)c3cccc([N+](=O)[O-])c3)sc2cc1C. The standard InChI is InChI=1S/C20H22N4O3S/c1-13-10-17-18(11-14(13)2)28-20(21-17)23(9-8-22(3)4)19(25)15-6-5-7-16(12-15)24(26)27/h5-7,10-12H,8-9H2,1-4H3. The minimum atomic E-state index is -0.496. The molecule has 0 spiro atoms. The number of non-ortho nitro benzene ring substituents is 1. The predicted octanol–water partition coefficient (Wildman–Crippen LogP) is 4.03. The first-order chi connectivity index (χ1) is 13.3. The number of nitro groups is 1. The highest BCUT2D eigenvalue weighted by Crippen LogP contribution is 2.31. The number of carbonyl (C=O) groups excluding carboxylic acids is 1. The third-order valence-corrected chi connectivity index (χ3v) is 5.58. The summed E-state index contributed by atoms with van der Waals surface area (Å²) >= 11 is 1.46. The van der Waals surface area contributed by atoms with Crippen molar-refractivity contribution < 1.29 is 9.72 Å². The number of hydrogen-bond donors (Lipinski definition) is 0. The number of carbonyl (C=O) groups is 1. The Morgan fingerprint density at radius 2 is 1.86 bits per heavy atom. The summed E-state index contributed by atoms with van der Waals surface area (Å²) in [6, 6.07) is 9.91. The first-order valence-corrected chi connectivity index (χ1v) is 9.67. The second-order valence-corrected chi connectivity index (χ2v) is 7.98. The average Bonchev–Trinajstić information content (AvgIpc) is 3.04. The molecule has 8 heteroatoms. The molecule has 0 aliphatic carbocycles. The van der Waals surface area contributed by atoms with Gasteiger partial charge in [-0.15, -0.1) is 0 Å². The van der Waals surface area contributed by atoms with Crippen LogP contribution in [0.2, 0.25) is 0 Å². The van der Waals surface area contributed by atoms with Crippen LogP contribution in [0.1, 0.15) is 21.5 Å². The Hall–Kier alpha value is -2.84. The zero-order chi connectivity index (χ0) is 20.4. The summed E-state index contributed by atoms with van der Waals surface area (Å²) in [7, 11) is 3.86. The molecule has 1 amide bonds. The summed E-state index contributed by atoms with van der Waals surface area (Å²) in [6.07, 6.45) is 0. The molecule has 0 aliphatic rings. The van der Waals surface area contributed by atoms with E-state index in [-0.39, 0.29) is 17.2 Å². The highest BCUT2D eigenvalue weighted by atomic mass is 32.1. The summed E-state index contributed by atoms with van der Waals surface area (Å²) in [5.41, 5.74) is 3.35. The number of likely N-dealkylation sites (N-methyl/N-ethyl adjacent to an activating group) is 1. The van der Waals surface area contributed by atoms with Crippen LogP contribution in [0.3, 0.4) is 0 Å². The molecule has 28 heavy (non-hydrogen) atoms. The van der Waals surface area contributed by atoms with Gasteiger partial charge in [-0.3, -0.25) is 19.8 Å². The van der Waals surface area contributed by atoms with E-state index in [4.69, 9.17) is 0 Å². The summed E-state index contributed by atoms with van der Waals surface area (Å²) in [5, 5.41) is 11.7. The highest BCUT2D eigenvalue weighted by molar-refractivity contribution is 7.22. The molecule has 2 aromatic carbocycles.